The summed E-state index contributed by atoms with van der Waals surface area (Å²) in [4.78, 5) is 34.8. The predicted molar refractivity (Wildman–Crippen MR) is 70.9 cm³/mol. The van der Waals surface area contributed by atoms with Crippen LogP contribution in [0.2, 0.25) is 0 Å². The quantitative estimate of drug-likeness (QED) is 0.909. The van der Waals surface area contributed by atoms with Gasteiger partial charge in [-0.2, -0.15) is 4.68 Å². The highest BCUT2D eigenvalue weighted by Gasteiger charge is 2.19. The number of carboxylic acids is 1. The Morgan fingerprint density at radius 1 is 1.30 bits per heavy atom. The SMILES string of the molecule is CCOC(=O)n1c2ccccc2c(=O)n1CCC(=O)O. The van der Waals surface area contributed by atoms with Crippen molar-refractivity contribution in [3.63, 3.8) is 0 Å². The third-order valence-electron chi connectivity index (χ3n) is 2.82. The molecule has 0 spiro atoms. The number of carboxylic acid groups (broad SMARTS) is 1. The molecule has 7 heteroatoms. The number of aromatic nitrogens is 2. The van der Waals surface area contributed by atoms with Gasteiger partial charge >= 0.3 is 12.1 Å². The lowest BCUT2D eigenvalue weighted by Gasteiger charge is -2.09. The molecule has 1 aromatic carbocycles. The molecule has 0 unspecified atom stereocenters. The molecule has 20 heavy (non-hydrogen) atoms. The van der Waals surface area contributed by atoms with E-state index >= 15 is 0 Å². The number of para-hydroxylation sites is 1. The minimum Gasteiger partial charge on any atom is -0.481 e. The number of carbonyl (C=O) groups excluding carboxylic acids is 1. The molecule has 0 aliphatic carbocycles. The first-order valence-electron chi connectivity index (χ1n) is 6.15. The average Bonchev–Trinajstić information content (AvgIpc) is 2.70. The fraction of sp³-hybridized carbons (Fsp3) is 0.308. The second-order valence-electron chi connectivity index (χ2n) is 4.10. The molecule has 0 bridgehead atoms. The van der Waals surface area contributed by atoms with Crippen LogP contribution in [0, 0.1) is 0 Å². The van der Waals surface area contributed by atoms with Gasteiger partial charge in [-0.05, 0) is 19.1 Å². The molecule has 0 aliphatic rings. The Bertz CT molecular complexity index is 713. The number of hydrogen-bond donors (Lipinski definition) is 1. The third-order valence-corrected chi connectivity index (χ3v) is 2.82. The summed E-state index contributed by atoms with van der Waals surface area (Å²) in [5, 5.41) is 9.09. The highest BCUT2D eigenvalue weighted by molar-refractivity contribution is 5.87. The van der Waals surface area contributed by atoms with Gasteiger partial charge < -0.3 is 9.84 Å². The summed E-state index contributed by atoms with van der Waals surface area (Å²) < 4.78 is 7.10. The maximum absolute atomic E-state index is 12.2. The topological polar surface area (TPSA) is 90.5 Å². The lowest BCUT2D eigenvalue weighted by atomic mass is 10.2. The second kappa shape index (κ2) is 5.60. The fourth-order valence-corrected chi connectivity index (χ4v) is 1.98. The van der Waals surface area contributed by atoms with Crippen LogP contribution in [0.3, 0.4) is 0 Å². The first kappa shape index (κ1) is 13.9. The third kappa shape index (κ3) is 2.42. The van der Waals surface area contributed by atoms with Gasteiger partial charge in [-0.15, -0.1) is 0 Å². The number of rotatable bonds is 4. The molecule has 0 amide bonds. The Kier molecular flexibility index (Phi) is 3.88. The molecule has 1 N–H and O–H groups in total. The summed E-state index contributed by atoms with van der Waals surface area (Å²) in [5.41, 5.74) is -0.00348. The molecule has 0 atom stereocenters. The van der Waals surface area contributed by atoms with Crippen LogP contribution in [0.25, 0.3) is 10.9 Å². The summed E-state index contributed by atoms with van der Waals surface area (Å²) in [6.07, 6.45) is -0.952. The van der Waals surface area contributed by atoms with Crippen molar-refractivity contribution >= 4 is 23.0 Å². The Hall–Kier alpha value is -2.57. The number of fused-ring (bicyclic) bond motifs is 1. The summed E-state index contributed by atoms with van der Waals surface area (Å²) in [5.74, 6) is -1.04. The van der Waals surface area contributed by atoms with Gasteiger partial charge in [0.05, 0.1) is 30.5 Å². The van der Waals surface area contributed by atoms with Gasteiger partial charge in [0.15, 0.2) is 0 Å². The molecule has 2 rings (SSSR count). The van der Waals surface area contributed by atoms with Crippen LogP contribution >= 0.6 is 0 Å². The van der Waals surface area contributed by atoms with E-state index < -0.39 is 17.6 Å². The lowest BCUT2D eigenvalue weighted by molar-refractivity contribution is -0.137. The molecule has 0 fully saturated rings. The van der Waals surface area contributed by atoms with Crippen molar-refractivity contribution in [3.05, 3.63) is 34.6 Å². The van der Waals surface area contributed by atoms with E-state index in [0.29, 0.717) is 10.9 Å². The van der Waals surface area contributed by atoms with Crippen molar-refractivity contribution < 1.29 is 19.4 Å². The van der Waals surface area contributed by atoms with Crippen LogP contribution in [0.15, 0.2) is 29.1 Å². The van der Waals surface area contributed by atoms with Crippen LogP contribution < -0.4 is 5.56 Å². The van der Waals surface area contributed by atoms with Gasteiger partial charge in [-0.1, -0.05) is 12.1 Å². The van der Waals surface area contributed by atoms with Crippen molar-refractivity contribution in [2.45, 2.75) is 19.9 Å². The average molecular weight is 278 g/mol. The van der Waals surface area contributed by atoms with E-state index in [4.69, 9.17) is 9.84 Å². The Labute approximate surface area is 114 Å². The van der Waals surface area contributed by atoms with Gasteiger partial charge in [0.2, 0.25) is 0 Å². The minimum absolute atomic E-state index is 0.0956. The standard InChI is InChI=1S/C13H14N2O5/c1-2-20-13(19)15-10-6-4-3-5-9(10)12(18)14(15)8-7-11(16)17/h3-6H,2,7-8H2,1H3,(H,16,17). The van der Waals surface area contributed by atoms with Crippen molar-refractivity contribution in [2.75, 3.05) is 6.61 Å². The summed E-state index contributed by atoms with van der Waals surface area (Å²) in [7, 11) is 0. The van der Waals surface area contributed by atoms with Gasteiger partial charge in [0, 0.05) is 0 Å². The van der Waals surface area contributed by atoms with Crippen LogP contribution in [0.5, 0.6) is 0 Å². The van der Waals surface area contributed by atoms with E-state index in [0.717, 1.165) is 9.36 Å². The maximum atomic E-state index is 12.2. The van der Waals surface area contributed by atoms with E-state index in [-0.39, 0.29) is 19.6 Å². The number of carbonyl (C=O) groups is 2. The zero-order valence-electron chi connectivity index (χ0n) is 10.9. The normalized spacial score (nSPS) is 10.7. The number of nitrogens with zero attached hydrogens (tertiary/aromatic N) is 2. The number of hydrogen-bond acceptors (Lipinski definition) is 4. The number of benzene rings is 1. The lowest BCUT2D eigenvalue weighted by Crippen LogP contribution is -2.29. The van der Waals surface area contributed by atoms with Crippen molar-refractivity contribution in [1.82, 2.24) is 9.36 Å². The molecule has 7 nitrogen and oxygen atoms in total. The maximum Gasteiger partial charge on any atom is 0.433 e. The van der Waals surface area contributed by atoms with E-state index in [1.165, 1.54) is 0 Å². The zero-order chi connectivity index (χ0) is 14.7. The van der Waals surface area contributed by atoms with Gasteiger partial charge in [0.25, 0.3) is 5.56 Å². The molecule has 1 aromatic heterocycles. The van der Waals surface area contributed by atoms with E-state index in [2.05, 4.69) is 0 Å². The Balaban J connectivity index is 2.60. The van der Waals surface area contributed by atoms with Gasteiger partial charge in [-0.25, -0.2) is 9.48 Å². The molecular formula is C13H14N2O5. The van der Waals surface area contributed by atoms with Crippen LogP contribution in [-0.4, -0.2) is 33.1 Å². The van der Waals surface area contributed by atoms with E-state index in [1.54, 1.807) is 31.2 Å². The molecule has 0 saturated heterocycles. The number of ether oxygens (including phenoxy) is 1. The van der Waals surface area contributed by atoms with Crippen molar-refractivity contribution in [3.8, 4) is 0 Å². The summed E-state index contributed by atoms with van der Waals surface area (Å²) in [6, 6.07) is 6.58. The predicted octanol–water partition coefficient (Wildman–Crippen LogP) is 1.28. The largest absolute Gasteiger partial charge is 0.481 e. The fourth-order valence-electron chi connectivity index (χ4n) is 1.98. The second-order valence-corrected chi connectivity index (χ2v) is 4.10. The van der Waals surface area contributed by atoms with Crippen LogP contribution in [0.1, 0.15) is 13.3 Å². The van der Waals surface area contributed by atoms with E-state index in [1.807, 2.05) is 0 Å². The molecule has 0 radical (unpaired) electrons. The minimum atomic E-state index is -1.04. The zero-order valence-corrected chi connectivity index (χ0v) is 10.9. The first-order valence-corrected chi connectivity index (χ1v) is 6.15. The first-order chi connectivity index (χ1) is 9.56. The molecule has 2 aromatic rings. The van der Waals surface area contributed by atoms with Gasteiger partial charge in [-0.3, -0.25) is 9.59 Å². The van der Waals surface area contributed by atoms with Crippen LogP contribution in [0.4, 0.5) is 4.79 Å². The van der Waals surface area contributed by atoms with Gasteiger partial charge in [0.1, 0.15) is 0 Å². The molecular weight excluding hydrogens is 264 g/mol. The van der Waals surface area contributed by atoms with Crippen LogP contribution in [-0.2, 0) is 16.1 Å². The Morgan fingerprint density at radius 2 is 2.00 bits per heavy atom. The van der Waals surface area contributed by atoms with Crippen molar-refractivity contribution in [2.24, 2.45) is 0 Å². The van der Waals surface area contributed by atoms with Crippen molar-refractivity contribution in [1.29, 1.82) is 0 Å². The van der Waals surface area contributed by atoms with E-state index in [9.17, 15) is 14.4 Å². The highest BCUT2D eigenvalue weighted by atomic mass is 16.6. The summed E-state index contributed by atoms with van der Waals surface area (Å²) >= 11 is 0. The summed E-state index contributed by atoms with van der Waals surface area (Å²) in [6.45, 7) is 1.73. The monoisotopic (exact) mass is 278 g/mol. The molecule has 106 valence electrons. The molecule has 0 saturated carbocycles. The highest BCUT2D eigenvalue weighted by Crippen LogP contribution is 2.12. The molecule has 0 aliphatic heterocycles. The Morgan fingerprint density at radius 3 is 2.65 bits per heavy atom. The molecule has 1 heterocycles. The smallest absolute Gasteiger partial charge is 0.433 e. The number of aliphatic carboxylic acids is 1.